The minimum Gasteiger partial charge on any atom is -0.488 e. The summed E-state index contributed by atoms with van der Waals surface area (Å²) in [5.41, 5.74) is 3.64. The van der Waals surface area contributed by atoms with Crippen LogP contribution in [0.3, 0.4) is 0 Å². The average Bonchev–Trinajstić information content (AvgIpc) is 3.21. The van der Waals surface area contributed by atoms with Gasteiger partial charge in [-0.25, -0.2) is 0 Å². The number of hydrogen-bond donors (Lipinski definition) is 1. The Bertz CT molecular complexity index is 955. The summed E-state index contributed by atoms with van der Waals surface area (Å²) in [5, 5.41) is 4.66. The number of piperidine rings is 1. The molecule has 3 heterocycles. The highest BCUT2D eigenvalue weighted by Crippen LogP contribution is 2.34. The molecule has 1 saturated heterocycles. The average molecular weight is 414 g/mol. The standard InChI is InChI=1S/C22H25N3O3S.H2/c1-14-4-9-19(21(26)23-14)25-11-17-18(22(25)27)13-29-20(17)12-28-16-7-5-15(6-8-16)10-24(2)3;/h5-8,13,19H,1,4,9-12H2,2-3H3,(H,23,26);1H/t19-;/m0./s1. The third-order valence-corrected chi connectivity index (χ3v) is 6.29. The molecule has 0 aliphatic carbocycles. The Hall–Kier alpha value is -2.64. The van der Waals surface area contributed by atoms with Gasteiger partial charge in [0.15, 0.2) is 0 Å². The van der Waals surface area contributed by atoms with E-state index in [4.69, 9.17) is 4.74 Å². The van der Waals surface area contributed by atoms with Gasteiger partial charge in [-0.1, -0.05) is 18.7 Å². The lowest BCUT2D eigenvalue weighted by Crippen LogP contribution is -2.49. The number of rotatable bonds is 6. The first-order valence-electron chi connectivity index (χ1n) is 9.67. The number of ether oxygens (including phenoxy) is 1. The van der Waals surface area contributed by atoms with Crippen molar-refractivity contribution in [1.29, 1.82) is 0 Å². The van der Waals surface area contributed by atoms with Crippen molar-refractivity contribution in [3.05, 3.63) is 63.5 Å². The summed E-state index contributed by atoms with van der Waals surface area (Å²) in [7, 11) is 4.08. The number of nitrogens with one attached hydrogen (secondary N) is 1. The van der Waals surface area contributed by atoms with Crippen molar-refractivity contribution >= 4 is 23.2 Å². The highest BCUT2D eigenvalue weighted by atomic mass is 32.1. The summed E-state index contributed by atoms with van der Waals surface area (Å²) in [6.45, 7) is 5.58. The molecule has 1 aromatic heterocycles. The Morgan fingerprint density at radius 3 is 2.76 bits per heavy atom. The number of carbonyl (C=O) groups excluding carboxylic acids is 2. The normalized spacial score (nSPS) is 18.9. The molecular formula is C22H27N3O3S. The minimum atomic E-state index is -0.427. The molecule has 29 heavy (non-hydrogen) atoms. The highest BCUT2D eigenvalue weighted by Gasteiger charge is 2.39. The van der Waals surface area contributed by atoms with Crippen LogP contribution in [-0.4, -0.2) is 41.8 Å². The smallest absolute Gasteiger partial charge is 0.256 e. The van der Waals surface area contributed by atoms with Crippen molar-refractivity contribution in [1.82, 2.24) is 15.1 Å². The van der Waals surface area contributed by atoms with Gasteiger partial charge in [-0.15, -0.1) is 11.3 Å². The molecule has 2 aromatic rings. The van der Waals surface area contributed by atoms with Crippen molar-refractivity contribution in [3.63, 3.8) is 0 Å². The van der Waals surface area contributed by atoms with E-state index in [1.165, 1.54) is 5.56 Å². The summed E-state index contributed by atoms with van der Waals surface area (Å²) < 4.78 is 5.96. The lowest BCUT2D eigenvalue weighted by Gasteiger charge is -2.31. The van der Waals surface area contributed by atoms with E-state index in [0.29, 0.717) is 31.6 Å². The molecule has 7 heteroatoms. The minimum absolute atomic E-state index is 0. The van der Waals surface area contributed by atoms with Crippen LogP contribution < -0.4 is 10.1 Å². The second-order valence-corrected chi connectivity index (χ2v) is 8.77. The first kappa shape index (κ1) is 19.7. The topological polar surface area (TPSA) is 61.9 Å². The number of fused-ring (bicyclic) bond motifs is 1. The van der Waals surface area contributed by atoms with Crippen LogP contribution in [-0.2, 0) is 24.5 Å². The first-order valence-corrected chi connectivity index (χ1v) is 10.6. The fourth-order valence-corrected chi connectivity index (χ4v) is 4.76. The maximum Gasteiger partial charge on any atom is 0.256 e. The van der Waals surface area contributed by atoms with Crippen LogP contribution in [0.25, 0.3) is 0 Å². The number of hydrogen-bond acceptors (Lipinski definition) is 5. The lowest BCUT2D eigenvalue weighted by atomic mass is 10.0. The molecule has 0 radical (unpaired) electrons. The molecule has 1 fully saturated rings. The zero-order valence-corrected chi connectivity index (χ0v) is 17.6. The monoisotopic (exact) mass is 413 g/mol. The third-order valence-electron chi connectivity index (χ3n) is 5.29. The molecule has 1 aromatic carbocycles. The van der Waals surface area contributed by atoms with Crippen molar-refractivity contribution in [2.45, 2.75) is 38.6 Å². The molecule has 6 nitrogen and oxygen atoms in total. The van der Waals surface area contributed by atoms with Gasteiger partial charge < -0.3 is 19.9 Å². The van der Waals surface area contributed by atoms with Crippen LogP contribution >= 0.6 is 11.3 Å². The van der Waals surface area contributed by atoms with Gasteiger partial charge in [-0.05, 0) is 44.6 Å². The van der Waals surface area contributed by atoms with Crippen LogP contribution in [0.5, 0.6) is 5.75 Å². The van der Waals surface area contributed by atoms with Gasteiger partial charge >= 0.3 is 0 Å². The Morgan fingerprint density at radius 2 is 2.07 bits per heavy atom. The molecule has 0 unspecified atom stereocenters. The maximum atomic E-state index is 12.8. The van der Waals surface area contributed by atoms with E-state index in [-0.39, 0.29) is 13.2 Å². The number of nitrogens with zero attached hydrogens (tertiary/aromatic N) is 2. The van der Waals surface area contributed by atoms with Crippen LogP contribution in [0, 0.1) is 0 Å². The van der Waals surface area contributed by atoms with Crippen LogP contribution in [0.2, 0.25) is 0 Å². The Balaban J connectivity index is 0.00000256. The molecule has 0 spiro atoms. The SMILES string of the molecule is C=C1CC[C@H](N2Cc3c(csc3COc3ccc(CN(C)C)cc3)C2=O)C(=O)N1.[HH]. The highest BCUT2D eigenvalue weighted by molar-refractivity contribution is 7.10. The largest absolute Gasteiger partial charge is 0.488 e. The van der Waals surface area contributed by atoms with Crippen molar-refractivity contribution < 1.29 is 15.8 Å². The quantitative estimate of drug-likeness (QED) is 0.789. The zero-order valence-electron chi connectivity index (χ0n) is 16.7. The summed E-state index contributed by atoms with van der Waals surface area (Å²) in [6, 6.07) is 7.65. The summed E-state index contributed by atoms with van der Waals surface area (Å²) in [4.78, 5) is 30.0. The van der Waals surface area contributed by atoms with Crippen molar-refractivity contribution in [2.24, 2.45) is 0 Å². The molecule has 1 atom stereocenters. The van der Waals surface area contributed by atoms with Crippen LogP contribution in [0.4, 0.5) is 0 Å². The van der Waals surface area contributed by atoms with Crippen LogP contribution in [0.15, 0.2) is 41.9 Å². The maximum absolute atomic E-state index is 12.8. The zero-order chi connectivity index (χ0) is 20.5. The fraction of sp³-hybridized carbons (Fsp3) is 0.364. The molecular weight excluding hydrogens is 386 g/mol. The fourth-order valence-electron chi connectivity index (χ4n) is 3.81. The lowest BCUT2D eigenvalue weighted by molar-refractivity contribution is -0.126. The van der Waals surface area contributed by atoms with Gasteiger partial charge in [0.1, 0.15) is 18.4 Å². The Kier molecular flexibility index (Phi) is 5.43. The van der Waals surface area contributed by atoms with E-state index in [1.807, 2.05) is 31.6 Å². The van der Waals surface area contributed by atoms with Crippen molar-refractivity contribution in [2.75, 3.05) is 14.1 Å². The molecule has 154 valence electrons. The van der Waals surface area contributed by atoms with E-state index in [9.17, 15) is 9.59 Å². The number of allylic oxidation sites excluding steroid dienone is 1. The van der Waals surface area contributed by atoms with Gasteiger partial charge in [-0.3, -0.25) is 9.59 Å². The van der Waals surface area contributed by atoms with Gasteiger partial charge in [-0.2, -0.15) is 0 Å². The van der Waals surface area contributed by atoms with Crippen molar-refractivity contribution in [3.8, 4) is 5.75 Å². The van der Waals surface area contributed by atoms with E-state index in [0.717, 1.165) is 28.4 Å². The van der Waals surface area contributed by atoms with Gasteiger partial charge in [0.25, 0.3) is 5.91 Å². The second-order valence-electron chi connectivity index (χ2n) is 7.80. The van der Waals surface area contributed by atoms with E-state index in [2.05, 4.69) is 28.9 Å². The van der Waals surface area contributed by atoms with E-state index in [1.54, 1.807) is 16.2 Å². The molecule has 0 saturated carbocycles. The molecule has 4 rings (SSSR count). The van der Waals surface area contributed by atoms with Crippen LogP contribution in [0.1, 0.15) is 40.6 Å². The van der Waals surface area contributed by atoms with E-state index < -0.39 is 6.04 Å². The first-order chi connectivity index (χ1) is 13.9. The summed E-state index contributed by atoms with van der Waals surface area (Å²) in [5.74, 6) is 0.600. The second kappa shape index (κ2) is 8.00. The van der Waals surface area contributed by atoms with Gasteiger partial charge in [0.2, 0.25) is 5.91 Å². The van der Waals surface area contributed by atoms with E-state index >= 15 is 0 Å². The predicted octanol–water partition coefficient (Wildman–Crippen LogP) is 3.38. The number of benzene rings is 1. The third kappa shape index (κ3) is 4.06. The van der Waals surface area contributed by atoms with Gasteiger partial charge in [0.05, 0.1) is 5.56 Å². The molecule has 2 aliphatic heterocycles. The predicted molar refractivity (Wildman–Crippen MR) is 115 cm³/mol. The molecule has 0 bridgehead atoms. The number of amides is 2. The molecule has 2 amide bonds. The number of carbonyl (C=O) groups is 2. The summed E-state index contributed by atoms with van der Waals surface area (Å²) in [6.07, 6.45) is 1.32. The molecule has 1 N–H and O–H groups in total. The summed E-state index contributed by atoms with van der Waals surface area (Å²) >= 11 is 1.54. The Morgan fingerprint density at radius 1 is 1.31 bits per heavy atom. The van der Waals surface area contributed by atoms with Gasteiger partial charge in [0, 0.05) is 36.0 Å². The Labute approximate surface area is 176 Å². The number of thiophene rings is 1. The molecule has 2 aliphatic rings.